The molecule has 0 spiro atoms. The first-order valence-electron chi connectivity index (χ1n) is 21.2. The average molecular weight is 790 g/mol. The molecular weight excluding hydrogens is 755 g/mol. The Kier molecular flexibility index (Phi) is 6.77. The van der Waals surface area contributed by atoms with Crippen molar-refractivity contribution in [3.8, 4) is 28.2 Å². The van der Waals surface area contributed by atoms with Crippen LogP contribution in [-0.2, 0) is 0 Å². The van der Waals surface area contributed by atoms with Crippen LogP contribution in [0.15, 0.2) is 212 Å². The van der Waals surface area contributed by atoms with Crippen LogP contribution < -0.4 is 0 Å². The fraction of sp³-hybridized carbons (Fsp3) is 0. The summed E-state index contributed by atoms with van der Waals surface area (Å²) < 4.78 is 9.70. The Bertz CT molecular complexity index is 3920. The van der Waals surface area contributed by atoms with E-state index in [-0.39, 0.29) is 0 Å². The van der Waals surface area contributed by atoms with Crippen LogP contribution in [-0.4, -0.2) is 23.1 Å². The Morgan fingerprint density at radius 3 is 1.34 bits per heavy atom. The van der Waals surface area contributed by atoms with E-state index in [1.54, 1.807) is 0 Å². The molecule has 14 aromatic rings. The van der Waals surface area contributed by atoms with E-state index in [0.717, 1.165) is 61.4 Å². The second-order valence-corrected chi connectivity index (χ2v) is 16.4. The number of nitrogens with zero attached hydrogens (tertiary/aromatic N) is 5. The number of benzene rings is 9. The fourth-order valence-electron chi connectivity index (χ4n) is 10.5. The van der Waals surface area contributed by atoms with Gasteiger partial charge >= 0.3 is 0 Å². The molecule has 0 N–H and O–H groups in total. The number of para-hydroxylation sites is 7. The van der Waals surface area contributed by atoms with Crippen LogP contribution in [0.5, 0.6) is 0 Å². The van der Waals surface area contributed by atoms with Gasteiger partial charge in [-0.05, 0) is 95.4 Å². The molecule has 0 radical (unpaired) electrons. The summed E-state index contributed by atoms with van der Waals surface area (Å²) in [6, 6.07) is 77.4. The van der Waals surface area contributed by atoms with E-state index in [2.05, 4.69) is 230 Å². The lowest BCUT2D eigenvalue weighted by molar-refractivity contribution is 1.11. The van der Waals surface area contributed by atoms with E-state index in [1.165, 1.54) is 59.8 Å². The lowest BCUT2D eigenvalue weighted by atomic mass is 10.00. The standard InChI is InChI=1S/C57H35N5/c1-2-16-38(17-3-1)61-53-31-30-36(34-47(53)55-45-22-4-5-23-46(45)56-58-48-24-10-15-29-54(48)62(56)57(55)61)37-32-39(59-49-25-11-6-18-41(49)42-19-7-12-26-50(42)59)35-40(33-37)60-51-27-13-8-20-43(51)44-21-9-14-28-52(44)60/h1-35H. The molecule has 5 aromatic heterocycles. The summed E-state index contributed by atoms with van der Waals surface area (Å²) in [4.78, 5) is 5.26. The molecule has 5 heterocycles. The van der Waals surface area contributed by atoms with Crippen molar-refractivity contribution in [2.45, 2.75) is 0 Å². The van der Waals surface area contributed by atoms with E-state index in [4.69, 9.17) is 4.98 Å². The summed E-state index contributed by atoms with van der Waals surface area (Å²) in [7, 11) is 0. The summed E-state index contributed by atoms with van der Waals surface area (Å²) in [5, 5.41) is 9.69. The second-order valence-electron chi connectivity index (χ2n) is 16.4. The van der Waals surface area contributed by atoms with Gasteiger partial charge in [0, 0.05) is 54.8 Å². The van der Waals surface area contributed by atoms with Crippen molar-refractivity contribution in [1.82, 2.24) is 23.1 Å². The van der Waals surface area contributed by atoms with Gasteiger partial charge in [0.2, 0.25) is 0 Å². The van der Waals surface area contributed by atoms with Crippen LogP contribution in [0.4, 0.5) is 0 Å². The van der Waals surface area contributed by atoms with Gasteiger partial charge < -0.3 is 9.13 Å². The highest BCUT2D eigenvalue weighted by molar-refractivity contribution is 6.24. The zero-order valence-electron chi connectivity index (χ0n) is 33.4. The molecule has 0 amide bonds. The van der Waals surface area contributed by atoms with E-state index in [0.29, 0.717) is 0 Å². The summed E-state index contributed by atoms with van der Waals surface area (Å²) in [6.07, 6.45) is 0. The van der Waals surface area contributed by atoms with Crippen molar-refractivity contribution in [1.29, 1.82) is 0 Å². The number of imidazole rings is 1. The number of rotatable bonds is 4. The molecule has 0 atom stereocenters. The van der Waals surface area contributed by atoms with Crippen LogP contribution in [0.2, 0.25) is 0 Å². The maximum atomic E-state index is 5.26. The van der Waals surface area contributed by atoms with Crippen LogP contribution in [0.1, 0.15) is 0 Å². The zero-order valence-corrected chi connectivity index (χ0v) is 33.4. The summed E-state index contributed by atoms with van der Waals surface area (Å²) >= 11 is 0. The summed E-state index contributed by atoms with van der Waals surface area (Å²) in [5.74, 6) is 0. The van der Waals surface area contributed by atoms with Crippen LogP contribution >= 0.6 is 0 Å². The first-order chi connectivity index (χ1) is 30.8. The quantitative estimate of drug-likeness (QED) is 0.175. The minimum absolute atomic E-state index is 0.962. The van der Waals surface area contributed by atoms with Gasteiger partial charge in [0.25, 0.3) is 0 Å². The van der Waals surface area contributed by atoms with Crippen molar-refractivity contribution >= 4 is 93.0 Å². The topological polar surface area (TPSA) is 32.1 Å². The first-order valence-corrected chi connectivity index (χ1v) is 21.2. The Morgan fingerprint density at radius 2 is 0.758 bits per heavy atom. The predicted octanol–water partition coefficient (Wildman–Crippen LogP) is 14.6. The van der Waals surface area contributed by atoms with E-state index < -0.39 is 0 Å². The Balaban J connectivity index is 1.13. The van der Waals surface area contributed by atoms with E-state index in [1.807, 2.05) is 0 Å². The molecule has 0 aliphatic heterocycles. The van der Waals surface area contributed by atoms with E-state index >= 15 is 0 Å². The third-order valence-electron chi connectivity index (χ3n) is 13.1. The Labute approximate surface area is 355 Å². The molecule has 9 aromatic carbocycles. The lowest BCUT2D eigenvalue weighted by Crippen LogP contribution is -2.00. The molecule has 62 heavy (non-hydrogen) atoms. The van der Waals surface area contributed by atoms with Crippen molar-refractivity contribution < 1.29 is 0 Å². The summed E-state index contributed by atoms with van der Waals surface area (Å²) in [5.41, 5.74) is 15.6. The van der Waals surface area contributed by atoms with Gasteiger partial charge in [-0.25, -0.2) is 4.98 Å². The molecule has 0 saturated carbocycles. The third kappa shape index (κ3) is 4.54. The fourth-order valence-corrected chi connectivity index (χ4v) is 10.5. The molecule has 0 bridgehead atoms. The largest absolute Gasteiger partial charge is 0.309 e. The SMILES string of the molecule is c1ccc(-n2c3ccc(-c4cc(-n5c6ccccc6c6ccccc65)cc(-n5c6ccccc6c6ccccc65)c4)cc3c3c4ccccc4c4nc5ccccc5n4c32)cc1. The minimum Gasteiger partial charge on any atom is -0.309 e. The smallest absolute Gasteiger partial charge is 0.147 e. The number of hydrogen-bond acceptors (Lipinski definition) is 1. The van der Waals surface area contributed by atoms with Gasteiger partial charge in [0.1, 0.15) is 11.3 Å². The Morgan fingerprint density at radius 1 is 0.290 bits per heavy atom. The monoisotopic (exact) mass is 789 g/mol. The molecule has 5 nitrogen and oxygen atoms in total. The lowest BCUT2D eigenvalue weighted by Gasteiger charge is -2.16. The van der Waals surface area contributed by atoms with Crippen LogP contribution in [0.25, 0.3) is 121 Å². The van der Waals surface area contributed by atoms with Crippen molar-refractivity contribution in [2.75, 3.05) is 0 Å². The van der Waals surface area contributed by atoms with Crippen LogP contribution in [0.3, 0.4) is 0 Å². The van der Waals surface area contributed by atoms with Crippen molar-refractivity contribution in [3.63, 3.8) is 0 Å². The van der Waals surface area contributed by atoms with E-state index in [9.17, 15) is 0 Å². The molecule has 0 aliphatic rings. The number of hydrogen-bond donors (Lipinski definition) is 0. The predicted molar refractivity (Wildman–Crippen MR) is 259 cm³/mol. The maximum absolute atomic E-state index is 5.26. The van der Waals surface area contributed by atoms with Gasteiger partial charge in [0.15, 0.2) is 0 Å². The maximum Gasteiger partial charge on any atom is 0.147 e. The number of aromatic nitrogens is 5. The van der Waals surface area contributed by atoms with Gasteiger partial charge in [-0.15, -0.1) is 0 Å². The van der Waals surface area contributed by atoms with Gasteiger partial charge in [0.05, 0.1) is 38.6 Å². The second kappa shape index (κ2) is 12.6. The highest BCUT2D eigenvalue weighted by Crippen LogP contribution is 2.43. The summed E-state index contributed by atoms with van der Waals surface area (Å²) in [6.45, 7) is 0. The Hall–Kier alpha value is -8.41. The normalized spacial score (nSPS) is 12.2. The molecule has 0 aliphatic carbocycles. The minimum atomic E-state index is 0.962. The molecule has 14 rings (SSSR count). The first kappa shape index (κ1) is 33.4. The average Bonchev–Trinajstić information content (AvgIpc) is 4.08. The van der Waals surface area contributed by atoms with Gasteiger partial charge in [-0.1, -0.05) is 133 Å². The zero-order chi connectivity index (χ0) is 40.5. The molecular formula is C57H35N5. The van der Waals surface area contributed by atoms with Crippen LogP contribution in [0, 0.1) is 0 Å². The molecule has 0 unspecified atom stereocenters. The van der Waals surface area contributed by atoms with Gasteiger partial charge in [-0.2, -0.15) is 0 Å². The molecule has 0 saturated heterocycles. The number of pyridine rings is 1. The molecule has 5 heteroatoms. The highest BCUT2D eigenvalue weighted by Gasteiger charge is 2.23. The number of fused-ring (bicyclic) bond motifs is 16. The van der Waals surface area contributed by atoms with Gasteiger partial charge in [-0.3, -0.25) is 8.97 Å². The van der Waals surface area contributed by atoms with Crippen molar-refractivity contribution in [2.24, 2.45) is 0 Å². The third-order valence-corrected chi connectivity index (χ3v) is 13.1. The van der Waals surface area contributed by atoms with Crippen molar-refractivity contribution in [3.05, 3.63) is 212 Å². The molecule has 288 valence electrons. The highest BCUT2D eigenvalue weighted by atomic mass is 15.1. The molecule has 0 fully saturated rings.